The van der Waals surface area contributed by atoms with E-state index >= 15 is 0 Å². The summed E-state index contributed by atoms with van der Waals surface area (Å²) in [5, 5.41) is 13.5. The van der Waals surface area contributed by atoms with Crippen LogP contribution in [0.2, 0.25) is 5.02 Å². The lowest BCUT2D eigenvalue weighted by molar-refractivity contribution is 0.102. The number of aryl methyl sites for hydroxylation is 1. The summed E-state index contributed by atoms with van der Waals surface area (Å²) in [5.74, 6) is 0.189. The van der Waals surface area contributed by atoms with Crippen LogP contribution in [0, 0.1) is 5.41 Å². The number of anilines is 1. The monoisotopic (exact) mass is 639 g/mol. The topological polar surface area (TPSA) is 99.8 Å². The Morgan fingerprint density at radius 3 is 2.66 bits per heavy atom. The van der Waals surface area contributed by atoms with Crippen LogP contribution in [0.25, 0.3) is 0 Å². The number of thioether (sulfide) groups is 1. The SMILES string of the molecule is C\C=C(/N=C/C(=C/CC)Sc1cccc(NC(=O)c2c(O)nc3n(c2=O)CCCC3)c1Cl)N1CCC(CC)(CCCC)CC1. The lowest BCUT2D eigenvalue weighted by Crippen LogP contribution is -2.39. The molecule has 0 radical (unpaired) electrons. The van der Waals surface area contributed by atoms with Gasteiger partial charge in [0.2, 0.25) is 5.88 Å². The van der Waals surface area contributed by atoms with E-state index in [4.69, 9.17) is 16.6 Å². The zero-order valence-corrected chi connectivity index (χ0v) is 28.1. The molecule has 8 nitrogen and oxygen atoms in total. The highest BCUT2D eigenvalue weighted by Crippen LogP contribution is 2.41. The molecule has 1 fully saturated rings. The van der Waals surface area contributed by atoms with E-state index in [1.165, 1.54) is 54.9 Å². The predicted molar refractivity (Wildman–Crippen MR) is 182 cm³/mol. The molecule has 0 bridgehead atoms. The highest BCUT2D eigenvalue weighted by atomic mass is 35.5. The number of benzene rings is 1. The summed E-state index contributed by atoms with van der Waals surface area (Å²) in [6.45, 7) is 11.2. The summed E-state index contributed by atoms with van der Waals surface area (Å²) in [4.78, 5) is 39.3. The molecule has 1 aromatic carbocycles. The fourth-order valence-corrected chi connectivity index (χ4v) is 7.33. The lowest BCUT2D eigenvalue weighted by atomic mass is 9.72. The summed E-state index contributed by atoms with van der Waals surface area (Å²) in [6, 6.07) is 5.36. The van der Waals surface area contributed by atoms with Crippen LogP contribution in [0.1, 0.15) is 102 Å². The number of nitrogens with zero attached hydrogens (tertiary/aromatic N) is 4. The van der Waals surface area contributed by atoms with Crippen LogP contribution in [0.5, 0.6) is 5.88 Å². The van der Waals surface area contributed by atoms with E-state index < -0.39 is 17.3 Å². The first-order chi connectivity index (χ1) is 21.3. The Hall–Kier alpha value is -3.04. The van der Waals surface area contributed by atoms with Crippen LogP contribution in [0.4, 0.5) is 5.69 Å². The number of piperidine rings is 1. The van der Waals surface area contributed by atoms with Gasteiger partial charge in [-0.25, -0.2) is 4.99 Å². The molecule has 2 N–H and O–H groups in total. The Morgan fingerprint density at radius 2 is 1.98 bits per heavy atom. The van der Waals surface area contributed by atoms with Crippen molar-refractivity contribution in [1.29, 1.82) is 0 Å². The standard InChI is InChI=1S/C34H46ClN5O3S/c1-5-9-17-34(8-4)18-21-39(22-19-34)27(7-3)36-23-24(13-6-2)44-26-15-12-14-25(30(26)35)37-31(41)29-32(42)38-28-16-10-11-20-40(28)33(29)43/h7,12-15,23,42H,5-6,8-11,16-22H2,1-4H3,(H,37,41)/b24-13-,27-7+,36-23+. The fourth-order valence-electron chi connectivity index (χ4n) is 6.09. The third-order valence-electron chi connectivity index (χ3n) is 8.87. The van der Waals surface area contributed by atoms with Gasteiger partial charge in [-0.05, 0) is 69.1 Å². The van der Waals surface area contributed by atoms with Crippen LogP contribution in [-0.4, -0.2) is 44.8 Å². The van der Waals surface area contributed by atoms with E-state index in [1.807, 2.05) is 19.2 Å². The highest BCUT2D eigenvalue weighted by molar-refractivity contribution is 8.04. The molecule has 0 unspecified atom stereocenters. The molecule has 0 spiro atoms. The molecule has 0 atom stereocenters. The molecule has 238 valence electrons. The Bertz CT molecular complexity index is 1470. The quantitative estimate of drug-likeness (QED) is 0.179. The number of likely N-dealkylation sites (tertiary alicyclic amines) is 1. The zero-order chi connectivity index (χ0) is 31.7. The minimum absolute atomic E-state index is 0.344. The molecule has 2 aliphatic rings. The van der Waals surface area contributed by atoms with E-state index in [1.54, 1.807) is 12.1 Å². The second kappa shape index (κ2) is 15.8. The van der Waals surface area contributed by atoms with Gasteiger partial charge in [0.1, 0.15) is 11.6 Å². The molecular weight excluding hydrogens is 594 g/mol. The first-order valence-electron chi connectivity index (χ1n) is 16.0. The number of amides is 1. The lowest BCUT2D eigenvalue weighted by Gasteiger charge is -2.42. The number of halogens is 1. The molecule has 0 aliphatic carbocycles. The number of aromatic hydroxyl groups is 1. The Balaban J connectivity index is 1.47. The third kappa shape index (κ3) is 7.96. The number of hydrogen-bond donors (Lipinski definition) is 2. The molecule has 44 heavy (non-hydrogen) atoms. The third-order valence-corrected chi connectivity index (χ3v) is 10.5. The summed E-state index contributed by atoms with van der Waals surface area (Å²) >= 11 is 8.25. The van der Waals surface area contributed by atoms with Crippen molar-refractivity contribution in [3.05, 3.63) is 67.8 Å². The van der Waals surface area contributed by atoms with Gasteiger partial charge in [0.15, 0.2) is 5.56 Å². The first kappa shape index (κ1) is 33.8. The summed E-state index contributed by atoms with van der Waals surface area (Å²) in [7, 11) is 0. The maximum Gasteiger partial charge on any atom is 0.270 e. The number of unbranched alkanes of at least 4 members (excludes halogenated alkanes) is 1. The average Bonchev–Trinajstić information content (AvgIpc) is 3.03. The summed E-state index contributed by atoms with van der Waals surface area (Å²) < 4.78 is 1.47. The Morgan fingerprint density at radius 1 is 1.20 bits per heavy atom. The molecular formula is C34H46ClN5O3S. The second-order valence-corrected chi connectivity index (χ2v) is 13.2. The van der Waals surface area contributed by atoms with Gasteiger partial charge in [0.05, 0.1) is 10.7 Å². The molecule has 2 aromatic rings. The molecule has 1 aromatic heterocycles. The van der Waals surface area contributed by atoms with Crippen molar-refractivity contribution in [1.82, 2.24) is 14.5 Å². The van der Waals surface area contributed by atoms with Gasteiger partial charge >= 0.3 is 0 Å². The van der Waals surface area contributed by atoms with Crippen molar-refractivity contribution in [3.8, 4) is 5.88 Å². The van der Waals surface area contributed by atoms with E-state index in [0.29, 0.717) is 34.9 Å². The number of allylic oxidation sites excluding steroid dienone is 3. The molecule has 4 rings (SSSR count). The minimum Gasteiger partial charge on any atom is -0.493 e. The molecule has 10 heteroatoms. The average molecular weight is 640 g/mol. The van der Waals surface area contributed by atoms with Crippen molar-refractivity contribution in [3.63, 3.8) is 0 Å². The molecule has 2 aliphatic heterocycles. The van der Waals surface area contributed by atoms with Crippen molar-refractivity contribution >= 4 is 41.2 Å². The van der Waals surface area contributed by atoms with E-state index in [-0.39, 0.29) is 5.56 Å². The van der Waals surface area contributed by atoms with Crippen LogP contribution >= 0.6 is 23.4 Å². The maximum atomic E-state index is 13.2. The van der Waals surface area contributed by atoms with Gasteiger partial charge in [-0.15, -0.1) is 0 Å². The van der Waals surface area contributed by atoms with Gasteiger partial charge in [0, 0.05) is 42.1 Å². The predicted octanol–water partition coefficient (Wildman–Crippen LogP) is 8.19. The number of carbonyl (C=O) groups is 1. The van der Waals surface area contributed by atoms with Crippen molar-refractivity contribution in [2.45, 2.75) is 103 Å². The largest absolute Gasteiger partial charge is 0.493 e. The van der Waals surface area contributed by atoms with Crippen LogP contribution < -0.4 is 10.9 Å². The van der Waals surface area contributed by atoms with Crippen molar-refractivity contribution in [2.75, 3.05) is 18.4 Å². The molecule has 3 heterocycles. The van der Waals surface area contributed by atoms with E-state index in [9.17, 15) is 14.7 Å². The normalized spacial score (nSPS) is 17.2. The Labute approximate surface area is 270 Å². The van der Waals surface area contributed by atoms with Gasteiger partial charge in [-0.2, -0.15) is 4.98 Å². The highest BCUT2D eigenvalue weighted by Gasteiger charge is 2.32. The number of aliphatic imine (C=N–C) groups is 1. The molecule has 0 saturated carbocycles. The zero-order valence-electron chi connectivity index (χ0n) is 26.5. The summed E-state index contributed by atoms with van der Waals surface area (Å²) in [6.07, 6.45) is 16.7. The van der Waals surface area contributed by atoms with E-state index in [2.05, 4.69) is 48.1 Å². The van der Waals surface area contributed by atoms with Gasteiger partial charge < -0.3 is 15.3 Å². The van der Waals surface area contributed by atoms with Gasteiger partial charge in [-0.1, -0.05) is 75.5 Å². The Kier molecular flexibility index (Phi) is 12.2. The van der Waals surface area contributed by atoms with Gasteiger partial charge in [0.25, 0.3) is 11.5 Å². The smallest absolute Gasteiger partial charge is 0.270 e. The van der Waals surface area contributed by atoms with Crippen LogP contribution in [0.15, 0.2) is 55.8 Å². The summed E-state index contributed by atoms with van der Waals surface area (Å²) in [5.41, 5.74) is -0.105. The number of fused-ring (bicyclic) bond motifs is 1. The fraction of sp³-hybridized carbons (Fsp3) is 0.529. The van der Waals surface area contributed by atoms with Crippen LogP contribution in [-0.2, 0) is 13.0 Å². The first-order valence-corrected chi connectivity index (χ1v) is 17.2. The number of nitrogens with one attached hydrogen (secondary N) is 1. The van der Waals surface area contributed by atoms with Crippen molar-refractivity contribution < 1.29 is 9.90 Å². The van der Waals surface area contributed by atoms with E-state index in [0.717, 1.165) is 48.0 Å². The maximum absolute atomic E-state index is 13.2. The number of rotatable bonds is 12. The minimum atomic E-state index is -0.739. The van der Waals surface area contributed by atoms with Crippen molar-refractivity contribution in [2.24, 2.45) is 10.4 Å². The van der Waals surface area contributed by atoms with Crippen LogP contribution in [0.3, 0.4) is 0 Å². The number of carbonyl (C=O) groups excluding carboxylic acids is 1. The molecule has 1 saturated heterocycles. The molecule has 1 amide bonds. The number of hydrogen-bond acceptors (Lipinski definition) is 7. The van der Waals surface area contributed by atoms with Gasteiger partial charge in [-0.3, -0.25) is 14.2 Å². The second-order valence-electron chi connectivity index (χ2n) is 11.7. The number of aromatic nitrogens is 2.